The topological polar surface area (TPSA) is 97.0 Å². The van der Waals surface area contributed by atoms with Gasteiger partial charge in [0.2, 0.25) is 0 Å². The molecule has 0 aliphatic heterocycles. The molecule has 0 bridgehead atoms. The van der Waals surface area contributed by atoms with Crippen LogP contribution in [-0.4, -0.2) is 33.2 Å². The zero-order valence-electron chi connectivity index (χ0n) is 12.4. The Balaban J connectivity index is 1.82. The molecular weight excluding hydrogens is 330 g/mol. The number of thiazole rings is 1. The molecule has 8 heteroatoms. The number of hydrogen-bond acceptors (Lipinski definition) is 8. The van der Waals surface area contributed by atoms with Gasteiger partial charge in [-0.2, -0.15) is 0 Å². The molecule has 4 N–H and O–H groups in total. The van der Waals surface area contributed by atoms with Crippen LogP contribution in [0.3, 0.4) is 0 Å². The van der Waals surface area contributed by atoms with Crippen molar-refractivity contribution in [3.8, 4) is 0 Å². The molecule has 3 rings (SSSR count). The number of hydrogen-bond donors (Lipinski definition) is 3. The van der Waals surface area contributed by atoms with Crippen molar-refractivity contribution < 1.29 is 5.11 Å². The first-order chi connectivity index (χ1) is 11.3. The Labute approximate surface area is 142 Å². The van der Waals surface area contributed by atoms with Gasteiger partial charge < -0.3 is 16.2 Å². The lowest BCUT2D eigenvalue weighted by atomic mass is 10.2. The van der Waals surface area contributed by atoms with E-state index < -0.39 is 0 Å². The largest absolute Gasteiger partial charge is 0.396 e. The Morgan fingerprint density at radius 2 is 2.00 bits per heavy atom. The second kappa shape index (κ2) is 7.58. The van der Waals surface area contributed by atoms with E-state index in [4.69, 9.17) is 10.8 Å². The van der Waals surface area contributed by atoms with Gasteiger partial charge in [0.1, 0.15) is 4.70 Å². The Kier molecular flexibility index (Phi) is 5.27. The van der Waals surface area contributed by atoms with Crippen LogP contribution in [0.15, 0.2) is 35.5 Å². The standard InChI is InChI=1S/C15H17N5OS2/c16-14-18-13-11(23-14)12(17-7-4-8-21)19-15(20-13)22-9-10-5-2-1-3-6-10/h1-3,5-6,21H,4,7-9H2,(H3,16,17,18,19,20). The number of nitrogen functional groups attached to an aromatic ring is 1. The SMILES string of the molecule is Nc1nc2nc(SCc3ccccc3)nc(NCCCO)c2s1. The quantitative estimate of drug-likeness (QED) is 0.343. The highest BCUT2D eigenvalue weighted by atomic mass is 32.2. The van der Waals surface area contributed by atoms with Crippen molar-refractivity contribution in [2.45, 2.75) is 17.3 Å². The van der Waals surface area contributed by atoms with E-state index in [0.717, 1.165) is 16.3 Å². The normalized spacial score (nSPS) is 11.0. The first-order valence-corrected chi connectivity index (χ1v) is 9.02. The van der Waals surface area contributed by atoms with Crippen molar-refractivity contribution in [1.29, 1.82) is 0 Å². The molecule has 6 nitrogen and oxygen atoms in total. The maximum Gasteiger partial charge on any atom is 0.191 e. The van der Waals surface area contributed by atoms with Crippen LogP contribution in [0.2, 0.25) is 0 Å². The number of benzene rings is 1. The number of nitrogens with two attached hydrogens (primary N) is 1. The molecule has 3 aromatic rings. The van der Waals surface area contributed by atoms with E-state index >= 15 is 0 Å². The number of thioether (sulfide) groups is 1. The van der Waals surface area contributed by atoms with Crippen LogP contribution >= 0.6 is 23.1 Å². The van der Waals surface area contributed by atoms with Gasteiger partial charge in [0, 0.05) is 18.9 Å². The Bertz CT molecular complexity index is 778. The summed E-state index contributed by atoms with van der Waals surface area (Å²) in [7, 11) is 0. The lowest BCUT2D eigenvalue weighted by molar-refractivity contribution is 0.292. The lowest BCUT2D eigenvalue weighted by Crippen LogP contribution is -2.06. The number of aromatic nitrogens is 3. The third kappa shape index (κ3) is 4.10. The summed E-state index contributed by atoms with van der Waals surface area (Å²) in [5, 5.41) is 13.3. The fourth-order valence-electron chi connectivity index (χ4n) is 2.01. The predicted molar refractivity (Wildman–Crippen MR) is 95.8 cm³/mol. The minimum Gasteiger partial charge on any atom is -0.396 e. The van der Waals surface area contributed by atoms with Crippen LogP contribution in [0, 0.1) is 0 Å². The van der Waals surface area contributed by atoms with Crippen LogP contribution in [0.25, 0.3) is 10.3 Å². The number of aliphatic hydroxyl groups is 1. The molecule has 0 radical (unpaired) electrons. The maximum atomic E-state index is 8.92. The summed E-state index contributed by atoms with van der Waals surface area (Å²) >= 11 is 2.93. The number of nitrogens with zero attached hydrogens (tertiary/aromatic N) is 3. The summed E-state index contributed by atoms with van der Waals surface area (Å²) in [6.07, 6.45) is 0.659. The Hall–Kier alpha value is -1.90. The molecule has 0 aliphatic rings. The summed E-state index contributed by atoms with van der Waals surface area (Å²) in [5.74, 6) is 1.52. The van der Waals surface area contributed by atoms with Crippen molar-refractivity contribution >= 4 is 44.4 Å². The molecule has 0 saturated carbocycles. The molecule has 2 heterocycles. The highest BCUT2D eigenvalue weighted by Gasteiger charge is 2.12. The summed E-state index contributed by atoms with van der Waals surface area (Å²) in [6.45, 7) is 0.783. The van der Waals surface area contributed by atoms with Crippen molar-refractivity contribution in [2.24, 2.45) is 0 Å². The van der Waals surface area contributed by atoms with E-state index in [-0.39, 0.29) is 6.61 Å². The highest BCUT2D eigenvalue weighted by molar-refractivity contribution is 7.98. The minimum absolute atomic E-state index is 0.141. The van der Waals surface area contributed by atoms with E-state index in [1.54, 1.807) is 11.8 Å². The Morgan fingerprint density at radius 3 is 2.78 bits per heavy atom. The number of nitrogens with one attached hydrogen (secondary N) is 1. The highest BCUT2D eigenvalue weighted by Crippen LogP contribution is 2.31. The van der Waals surface area contributed by atoms with Crippen molar-refractivity contribution in [1.82, 2.24) is 15.0 Å². The number of anilines is 2. The summed E-state index contributed by atoms with van der Waals surface area (Å²) in [5.41, 5.74) is 7.63. The smallest absolute Gasteiger partial charge is 0.191 e. The van der Waals surface area contributed by atoms with Gasteiger partial charge >= 0.3 is 0 Å². The van der Waals surface area contributed by atoms with Crippen LogP contribution < -0.4 is 11.1 Å². The van der Waals surface area contributed by atoms with Crippen LogP contribution in [-0.2, 0) is 5.75 Å². The van der Waals surface area contributed by atoms with Gasteiger partial charge in [0.05, 0.1) is 0 Å². The molecule has 0 aliphatic carbocycles. The first kappa shape index (κ1) is 16.0. The molecule has 0 saturated heterocycles. The zero-order chi connectivity index (χ0) is 16.1. The molecule has 0 fully saturated rings. The molecular formula is C15H17N5OS2. The third-order valence-electron chi connectivity index (χ3n) is 3.09. The van der Waals surface area contributed by atoms with E-state index in [9.17, 15) is 0 Å². The number of fused-ring (bicyclic) bond motifs is 1. The molecule has 120 valence electrons. The van der Waals surface area contributed by atoms with Gasteiger partial charge in [-0.1, -0.05) is 53.4 Å². The van der Waals surface area contributed by atoms with Gasteiger partial charge in [-0.15, -0.1) is 0 Å². The van der Waals surface area contributed by atoms with Crippen molar-refractivity contribution in [2.75, 3.05) is 24.2 Å². The van der Waals surface area contributed by atoms with Crippen LogP contribution in [0.1, 0.15) is 12.0 Å². The fourth-order valence-corrected chi connectivity index (χ4v) is 3.55. The molecule has 1 aromatic carbocycles. The molecule has 0 amide bonds. The maximum absolute atomic E-state index is 8.92. The third-order valence-corrected chi connectivity index (χ3v) is 4.89. The second-order valence-corrected chi connectivity index (χ2v) is 6.81. The summed E-state index contributed by atoms with van der Waals surface area (Å²) in [6, 6.07) is 10.2. The van der Waals surface area contributed by atoms with Crippen LogP contribution in [0.5, 0.6) is 0 Å². The molecule has 0 unspecified atom stereocenters. The average molecular weight is 347 g/mol. The van der Waals surface area contributed by atoms with Gasteiger partial charge in [-0.3, -0.25) is 0 Å². The number of rotatable bonds is 7. The number of aliphatic hydroxyl groups excluding tert-OH is 1. The van der Waals surface area contributed by atoms with Gasteiger partial charge in [-0.05, 0) is 12.0 Å². The zero-order valence-corrected chi connectivity index (χ0v) is 14.0. The summed E-state index contributed by atoms with van der Waals surface area (Å²) in [4.78, 5) is 13.3. The molecule has 0 atom stereocenters. The summed E-state index contributed by atoms with van der Waals surface area (Å²) < 4.78 is 0.851. The minimum atomic E-state index is 0.141. The van der Waals surface area contributed by atoms with Gasteiger partial charge in [-0.25, -0.2) is 15.0 Å². The van der Waals surface area contributed by atoms with Gasteiger partial charge in [0.15, 0.2) is 21.8 Å². The first-order valence-electron chi connectivity index (χ1n) is 7.22. The van der Waals surface area contributed by atoms with Crippen molar-refractivity contribution in [3.05, 3.63) is 35.9 Å². The second-order valence-electron chi connectivity index (χ2n) is 4.84. The Morgan fingerprint density at radius 1 is 1.17 bits per heavy atom. The monoisotopic (exact) mass is 347 g/mol. The van der Waals surface area contributed by atoms with Crippen LogP contribution in [0.4, 0.5) is 10.9 Å². The van der Waals surface area contributed by atoms with Crippen molar-refractivity contribution in [3.63, 3.8) is 0 Å². The molecule has 2 aromatic heterocycles. The average Bonchev–Trinajstić information content (AvgIpc) is 2.94. The fraction of sp³-hybridized carbons (Fsp3) is 0.267. The molecule has 0 spiro atoms. The predicted octanol–water partition coefficient (Wildman–Crippen LogP) is 2.76. The van der Waals surface area contributed by atoms with E-state index in [0.29, 0.717) is 28.9 Å². The van der Waals surface area contributed by atoms with Gasteiger partial charge in [0.25, 0.3) is 0 Å². The van der Waals surface area contributed by atoms with E-state index in [1.165, 1.54) is 16.9 Å². The van der Waals surface area contributed by atoms with E-state index in [1.807, 2.05) is 18.2 Å². The van der Waals surface area contributed by atoms with E-state index in [2.05, 4.69) is 32.4 Å². The molecule has 23 heavy (non-hydrogen) atoms. The lowest BCUT2D eigenvalue weighted by Gasteiger charge is -2.07.